The number of hydrogen-bond acceptors (Lipinski definition) is 10. The van der Waals surface area contributed by atoms with Crippen molar-refractivity contribution < 1.29 is 32.2 Å². The lowest BCUT2D eigenvalue weighted by Crippen LogP contribution is -2.43. The number of pyridine rings is 1. The Morgan fingerprint density at radius 3 is 2.89 bits per heavy atom. The van der Waals surface area contributed by atoms with Gasteiger partial charge < -0.3 is 20.1 Å². The van der Waals surface area contributed by atoms with Crippen LogP contribution in [0.4, 0.5) is 33.3 Å². The molecule has 4 aromatic rings. The number of ether oxygens (including phenoxy) is 1. The van der Waals surface area contributed by atoms with E-state index in [1.165, 1.54) is 6.20 Å². The van der Waals surface area contributed by atoms with E-state index in [4.69, 9.17) is 9.84 Å². The number of fused-ring (bicyclic) bond motifs is 3. The summed E-state index contributed by atoms with van der Waals surface area (Å²) in [6.45, 7) is 2.71. The third-order valence-corrected chi connectivity index (χ3v) is 9.79. The number of nitrogens with zero attached hydrogens (tertiary/aromatic N) is 6. The number of amides is 1. The molecule has 1 unspecified atom stereocenters. The molecule has 3 aromatic heterocycles. The van der Waals surface area contributed by atoms with E-state index >= 15 is 8.78 Å². The largest absolute Gasteiger partial charge is 0.465 e. The number of benzene rings is 1. The van der Waals surface area contributed by atoms with Crippen molar-refractivity contribution in [1.82, 2.24) is 30.2 Å². The summed E-state index contributed by atoms with van der Waals surface area (Å²) in [5, 5.41) is 14.4. The van der Waals surface area contributed by atoms with Crippen LogP contribution in [-0.4, -0.2) is 93.6 Å². The number of aromatic nitrogens is 4. The van der Waals surface area contributed by atoms with Crippen LogP contribution >= 0.6 is 11.3 Å². The van der Waals surface area contributed by atoms with Crippen LogP contribution in [0, 0.1) is 17.5 Å². The van der Waals surface area contributed by atoms with Crippen LogP contribution in [0.3, 0.4) is 0 Å². The summed E-state index contributed by atoms with van der Waals surface area (Å²) in [5.41, 5.74) is -1.89. The topological polar surface area (TPSA) is 129 Å². The Labute approximate surface area is 252 Å². The monoisotopic (exact) mass is 632 g/mol. The standard InChI is InChI=1S/C28H28F4N8O3S/c1-39(14-3-5-33-9-14)24-15-10-34-21(18-16(30)7-17(31)23-22(18)36-26(44-23)38-27(41)42)19(32)20(15)35-25(37-24)43-12-28-4-2-6-40(28)11-13(29)8-28/h7,10,13-14,33H,2-6,8-9,11-12H2,1H3,(H,36,38)(H,41,42)/t13?,14-,28+/m1/s1. The van der Waals surface area contributed by atoms with Crippen molar-refractivity contribution in [2.24, 2.45) is 0 Å². The van der Waals surface area contributed by atoms with Crippen molar-refractivity contribution in [2.75, 3.05) is 50.1 Å². The zero-order valence-corrected chi connectivity index (χ0v) is 24.4. The van der Waals surface area contributed by atoms with Gasteiger partial charge in [-0.2, -0.15) is 9.97 Å². The minimum Gasteiger partial charge on any atom is -0.465 e. The predicted octanol–water partition coefficient (Wildman–Crippen LogP) is 4.56. The fourth-order valence-corrected chi connectivity index (χ4v) is 7.57. The molecule has 3 fully saturated rings. The molecule has 16 heteroatoms. The van der Waals surface area contributed by atoms with Gasteiger partial charge in [0.2, 0.25) is 0 Å². The van der Waals surface area contributed by atoms with Crippen LogP contribution in [0.2, 0.25) is 0 Å². The first-order valence-corrected chi connectivity index (χ1v) is 15.1. The number of carbonyl (C=O) groups is 1. The number of alkyl halides is 1. The molecule has 0 aliphatic carbocycles. The summed E-state index contributed by atoms with van der Waals surface area (Å²) >= 11 is 0.644. The average Bonchev–Trinajstić information content (AvgIpc) is 3.77. The third kappa shape index (κ3) is 4.84. The Morgan fingerprint density at radius 2 is 2.11 bits per heavy atom. The highest BCUT2D eigenvalue weighted by atomic mass is 32.1. The van der Waals surface area contributed by atoms with Crippen LogP contribution in [0.5, 0.6) is 6.01 Å². The van der Waals surface area contributed by atoms with Crippen LogP contribution in [0.1, 0.15) is 25.7 Å². The van der Waals surface area contributed by atoms with E-state index in [1.54, 1.807) is 0 Å². The number of hydrogen-bond donors (Lipinski definition) is 3. The van der Waals surface area contributed by atoms with E-state index in [0.29, 0.717) is 42.7 Å². The van der Waals surface area contributed by atoms with Crippen molar-refractivity contribution in [3.05, 3.63) is 29.7 Å². The number of nitrogens with one attached hydrogen (secondary N) is 2. The minimum absolute atomic E-state index is 0.0408. The maximum atomic E-state index is 16.5. The summed E-state index contributed by atoms with van der Waals surface area (Å²) in [5.74, 6) is -2.76. The van der Waals surface area contributed by atoms with Gasteiger partial charge in [-0.1, -0.05) is 11.3 Å². The second kappa shape index (κ2) is 10.9. The fraction of sp³-hybridized carbons (Fsp3) is 0.464. The highest BCUT2D eigenvalue weighted by Crippen LogP contribution is 2.42. The maximum absolute atomic E-state index is 16.5. The van der Waals surface area contributed by atoms with Gasteiger partial charge in [0, 0.05) is 44.9 Å². The molecule has 0 spiro atoms. The van der Waals surface area contributed by atoms with Gasteiger partial charge in [-0.05, 0) is 32.4 Å². The molecule has 3 atom stereocenters. The number of thiazole rings is 1. The fourth-order valence-electron chi connectivity index (χ4n) is 6.70. The number of anilines is 2. The zero-order valence-electron chi connectivity index (χ0n) is 23.5. The molecule has 0 radical (unpaired) electrons. The van der Waals surface area contributed by atoms with Gasteiger partial charge >= 0.3 is 12.1 Å². The molecule has 0 saturated carbocycles. The number of likely N-dealkylation sites (N-methyl/N-ethyl adjacent to an activating group) is 1. The van der Waals surface area contributed by atoms with Crippen molar-refractivity contribution in [3.63, 3.8) is 0 Å². The molecule has 11 nitrogen and oxygen atoms in total. The zero-order chi connectivity index (χ0) is 30.7. The van der Waals surface area contributed by atoms with Gasteiger partial charge in [-0.3, -0.25) is 15.2 Å². The maximum Gasteiger partial charge on any atom is 0.410 e. The first kappa shape index (κ1) is 28.9. The smallest absolute Gasteiger partial charge is 0.410 e. The summed E-state index contributed by atoms with van der Waals surface area (Å²) in [6.07, 6.45) is 1.74. The molecule has 6 heterocycles. The van der Waals surface area contributed by atoms with Crippen molar-refractivity contribution >= 4 is 49.5 Å². The first-order valence-electron chi connectivity index (χ1n) is 14.2. The van der Waals surface area contributed by atoms with Crippen molar-refractivity contribution in [1.29, 1.82) is 0 Å². The van der Waals surface area contributed by atoms with E-state index in [-0.39, 0.29) is 44.9 Å². The van der Waals surface area contributed by atoms with Crippen LogP contribution < -0.4 is 20.3 Å². The van der Waals surface area contributed by atoms with Gasteiger partial charge in [0.05, 0.1) is 26.7 Å². The van der Waals surface area contributed by atoms with Crippen LogP contribution in [-0.2, 0) is 0 Å². The molecule has 232 valence electrons. The molecule has 1 amide bonds. The summed E-state index contributed by atoms with van der Waals surface area (Å²) in [4.78, 5) is 32.4. The van der Waals surface area contributed by atoms with Gasteiger partial charge in [-0.15, -0.1) is 0 Å². The van der Waals surface area contributed by atoms with Gasteiger partial charge in [0.15, 0.2) is 10.9 Å². The Balaban J connectivity index is 1.35. The summed E-state index contributed by atoms with van der Waals surface area (Å²) in [7, 11) is 1.83. The number of rotatable bonds is 7. The van der Waals surface area contributed by atoms with Crippen molar-refractivity contribution in [2.45, 2.75) is 43.4 Å². The molecule has 3 aliphatic heterocycles. The molecule has 1 aromatic carbocycles. The molecule has 3 N–H and O–H groups in total. The summed E-state index contributed by atoms with van der Waals surface area (Å²) < 4.78 is 66.8. The Morgan fingerprint density at radius 1 is 1.27 bits per heavy atom. The van der Waals surface area contributed by atoms with E-state index in [0.717, 1.165) is 32.4 Å². The van der Waals surface area contributed by atoms with Gasteiger partial charge in [0.1, 0.15) is 41.4 Å². The van der Waals surface area contributed by atoms with E-state index in [2.05, 4.69) is 30.2 Å². The van der Waals surface area contributed by atoms with Crippen molar-refractivity contribution in [3.8, 4) is 17.3 Å². The highest BCUT2D eigenvalue weighted by molar-refractivity contribution is 7.22. The molecular formula is C28H28F4N8O3S. The van der Waals surface area contributed by atoms with E-state index in [9.17, 15) is 13.6 Å². The first-order chi connectivity index (χ1) is 21.1. The SMILES string of the molecule is CN(c1nc(OC[C@@]23CCCN2CC(F)C3)nc2c(F)c(-c3c(F)cc(F)c4sc(NC(=O)O)nc34)ncc12)[C@@H]1CCNC1. The normalized spacial score (nSPS) is 23.5. The lowest BCUT2D eigenvalue weighted by atomic mass is 9.95. The molecule has 3 saturated heterocycles. The molecular weight excluding hydrogens is 604 g/mol. The quantitative estimate of drug-likeness (QED) is 0.250. The van der Waals surface area contributed by atoms with E-state index in [1.807, 2.05) is 17.3 Å². The molecule has 0 bridgehead atoms. The van der Waals surface area contributed by atoms with Crippen LogP contribution in [0.25, 0.3) is 32.4 Å². The highest BCUT2D eigenvalue weighted by Gasteiger charge is 2.49. The number of carboxylic acid groups (broad SMARTS) is 1. The molecule has 44 heavy (non-hydrogen) atoms. The lowest BCUT2D eigenvalue weighted by molar-refractivity contribution is 0.107. The molecule has 3 aliphatic rings. The molecule has 7 rings (SSSR count). The van der Waals surface area contributed by atoms with Crippen LogP contribution in [0.15, 0.2) is 12.3 Å². The Bertz CT molecular complexity index is 1790. The summed E-state index contributed by atoms with van der Waals surface area (Å²) in [6, 6.07) is 0.508. The van der Waals surface area contributed by atoms with E-state index < -0.39 is 46.5 Å². The Hall–Kier alpha value is -3.89. The predicted molar refractivity (Wildman–Crippen MR) is 156 cm³/mol. The third-order valence-electron chi connectivity index (χ3n) is 8.81. The minimum atomic E-state index is -1.44. The number of halogens is 4. The van der Waals surface area contributed by atoms with Gasteiger partial charge in [-0.25, -0.2) is 27.3 Å². The lowest BCUT2D eigenvalue weighted by Gasteiger charge is -2.31. The second-order valence-electron chi connectivity index (χ2n) is 11.5. The average molecular weight is 633 g/mol. The second-order valence-corrected chi connectivity index (χ2v) is 12.5. The van der Waals surface area contributed by atoms with Gasteiger partial charge in [0.25, 0.3) is 0 Å². The Kier molecular flexibility index (Phi) is 7.16.